The van der Waals surface area contributed by atoms with Crippen LogP contribution in [0.5, 0.6) is 0 Å². The van der Waals surface area contributed by atoms with Crippen molar-refractivity contribution in [1.29, 1.82) is 0 Å². The van der Waals surface area contributed by atoms with Gasteiger partial charge in [-0.05, 0) is 107 Å². The molecular formula is C47H32N2. The maximum Gasteiger partial charge on any atom is 0.137 e. The summed E-state index contributed by atoms with van der Waals surface area (Å²) in [6, 6.07) is 51.1. The molecule has 10 rings (SSSR count). The normalized spacial score (nSPS) is 12.9. The Labute approximate surface area is 283 Å². The molecule has 2 nitrogen and oxygen atoms in total. The molecule has 0 saturated carbocycles. The number of rotatable bonds is 2. The molecule has 2 bridgehead atoms. The van der Waals surface area contributed by atoms with Gasteiger partial charge in [-0.2, -0.15) is 0 Å². The molecule has 0 aliphatic carbocycles. The summed E-state index contributed by atoms with van der Waals surface area (Å²) >= 11 is 0. The lowest BCUT2D eigenvalue weighted by Gasteiger charge is -2.17. The fourth-order valence-electron chi connectivity index (χ4n) is 8.28. The van der Waals surface area contributed by atoms with Crippen LogP contribution in [0, 0.1) is 0 Å². The fourth-order valence-corrected chi connectivity index (χ4v) is 8.28. The van der Waals surface area contributed by atoms with Gasteiger partial charge in [-0.1, -0.05) is 133 Å². The van der Waals surface area contributed by atoms with Crippen LogP contribution in [0.3, 0.4) is 0 Å². The molecule has 8 aromatic carbocycles. The number of hydrogen-bond acceptors (Lipinski definition) is 1. The van der Waals surface area contributed by atoms with Crippen molar-refractivity contribution in [2.75, 3.05) is 0 Å². The van der Waals surface area contributed by atoms with Crippen molar-refractivity contribution in [3.8, 4) is 22.3 Å². The van der Waals surface area contributed by atoms with Crippen LogP contribution in [0.15, 0.2) is 146 Å². The van der Waals surface area contributed by atoms with Crippen molar-refractivity contribution in [1.82, 2.24) is 9.38 Å². The van der Waals surface area contributed by atoms with E-state index in [1.165, 1.54) is 75.4 Å². The molecule has 0 N–H and O–H groups in total. The Morgan fingerprint density at radius 2 is 1.14 bits per heavy atom. The molecule has 0 aliphatic heterocycles. The predicted molar refractivity (Wildman–Crippen MR) is 211 cm³/mol. The standard InChI is InChI=1S/C47H32N2/c1-3-36-37(4-2)45(39-26-24-35-22-21-32-13-9-14-33-23-25-38(39)43(35)42(32)33)47-46(48-41-16-5-6-27-49(41)47)44(36)34-15-8-11-30-10-7-12-31-19-17-29(18-20-34)28-40(30)31/h3-28H,1-2H3/b11-8?,15-8?,20-18?,29-18?,30-11?,34-15?,34-20?,36-3+,37-4+. The molecule has 2 heteroatoms. The fraction of sp³-hybridized carbons (Fsp3) is 0.0426. The van der Waals surface area contributed by atoms with E-state index in [0.717, 1.165) is 27.8 Å². The third-order valence-corrected chi connectivity index (χ3v) is 10.4. The largest absolute Gasteiger partial charge is 0.299 e. The van der Waals surface area contributed by atoms with Gasteiger partial charge in [-0.25, -0.2) is 4.98 Å². The summed E-state index contributed by atoms with van der Waals surface area (Å²) < 4.78 is 2.28. The van der Waals surface area contributed by atoms with Gasteiger partial charge in [-0.3, -0.25) is 4.40 Å². The molecule has 0 radical (unpaired) electrons. The molecule has 0 spiro atoms. The molecule has 0 atom stereocenters. The quantitative estimate of drug-likeness (QED) is 0.175. The molecule has 49 heavy (non-hydrogen) atoms. The van der Waals surface area contributed by atoms with Gasteiger partial charge in [0.25, 0.3) is 0 Å². The van der Waals surface area contributed by atoms with Gasteiger partial charge >= 0.3 is 0 Å². The summed E-state index contributed by atoms with van der Waals surface area (Å²) in [5.41, 5.74) is 7.78. The highest BCUT2D eigenvalue weighted by molar-refractivity contribution is 6.26. The van der Waals surface area contributed by atoms with E-state index in [-0.39, 0.29) is 0 Å². The number of aromatic nitrogens is 2. The van der Waals surface area contributed by atoms with Gasteiger partial charge < -0.3 is 0 Å². The van der Waals surface area contributed by atoms with Crippen molar-refractivity contribution in [2.24, 2.45) is 0 Å². The zero-order valence-electron chi connectivity index (χ0n) is 27.4. The van der Waals surface area contributed by atoms with Crippen LogP contribution in [0.2, 0.25) is 0 Å². The van der Waals surface area contributed by atoms with E-state index in [1.807, 2.05) is 0 Å². The highest BCUT2D eigenvalue weighted by Crippen LogP contribution is 2.41. The summed E-state index contributed by atoms with van der Waals surface area (Å²) in [6.45, 7) is 4.33. The molecule has 0 amide bonds. The molecule has 2 aromatic heterocycles. The number of pyridine rings is 1. The van der Waals surface area contributed by atoms with E-state index in [4.69, 9.17) is 4.98 Å². The van der Waals surface area contributed by atoms with Gasteiger partial charge in [0.05, 0.1) is 11.0 Å². The first-order valence-electron chi connectivity index (χ1n) is 17.0. The highest BCUT2D eigenvalue weighted by atomic mass is 15.0. The van der Waals surface area contributed by atoms with Crippen LogP contribution in [0.1, 0.15) is 13.8 Å². The van der Waals surface area contributed by atoms with E-state index in [2.05, 4.69) is 176 Å². The van der Waals surface area contributed by atoms with Crippen molar-refractivity contribution in [3.63, 3.8) is 0 Å². The lowest BCUT2D eigenvalue weighted by molar-refractivity contribution is 1.23. The minimum Gasteiger partial charge on any atom is -0.299 e. The third-order valence-electron chi connectivity index (χ3n) is 10.4. The highest BCUT2D eigenvalue weighted by Gasteiger charge is 2.21. The molecule has 0 aliphatic rings. The summed E-state index contributed by atoms with van der Waals surface area (Å²) in [5, 5.41) is 15.1. The van der Waals surface area contributed by atoms with E-state index in [0.29, 0.717) is 0 Å². The topological polar surface area (TPSA) is 17.3 Å². The van der Waals surface area contributed by atoms with E-state index < -0.39 is 0 Å². The minimum atomic E-state index is 0.937. The molecule has 230 valence electrons. The molecular weight excluding hydrogens is 593 g/mol. The molecule has 2 heterocycles. The van der Waals surface area contributed by atoms with E-state index >= 15 is 0 Å². The summed E-state index contributed by atoms with van der Waals surface area (Å²) in [6.07, 6.45) is 6.72. The Hall–Kier alpha value is -6.25. The Bertz CT molecular complexity index is 3110. The van der Waals surface area contributed by atoms with E-state index in [1.54, 1.807) is 0 Å². The first-order valence-corrected chi connectivity index (χ1v) is 17.0. The van der Waals surface area contributed by atoms with Crippen LogP contribution in [0.25, 0.3) is 105 Å². The van der Waals surface area contributed by atoms with Crippen LogP contribution < -0.4 is 10.4 Å². The zero-order chi connectivity index (χ0) is 32.6. The zero-order valence-corrected chi connectivity index (χ0v) is 27.4. The number of nitrogens with zero attached hydrogens (tertiary/aromatic N) is 2. The predicted octanol–water partition coefficient (Wildman–Crippen LogP) is 11.2. The summed E-state index contributed by atoms with van der Waals surface area (Å²) in [5.74, 6) is 0. The monoisotopic (exact) mass is 624 g/mol. The van der Waals surface area contributed by atoms with Crippen molar-refractivity contribution < 1.29 is 0 Å². The second-order valence-corrected chi connectivity index (χ2v) is 13.0. The average Bonchev–Trinajstić information content (AvgIpc) is 3.53. The smallest absolute Gasteiger partial charge is 0.137 e. The Kier molecular flexibility index (Phi) is 6.04. The Morgan fingerprint density at radius 3 is 1.94 bits per heavy atom. The molecule has 0 saturated heterocycles. The van der Waals surface area contributed by atoms with Gasteiger partial charge in [-0.15, -0.1) is 0 Å². The Morgan fingerprint density at radius 1 is 0.510 bits per heavy atom. The maximum absolute atomic E-state index is 5.40. The van der Waals surface area contributed by atoms with Gasteiger partial charge in [0, 0.05) is 17.3 Å². The number of benzene rings is 7. The van der Waals surface area contributed by atoms with Crippen molar-refractivity contribution in [3.05, 3.63) is 156 Å². The first kappa shape index (κ1) is 27.8. The number of hydrogen-bond donors (Lipinski definition) is 0. The van der Waals surface area contributed by atoms with Crippen molar-refractivity contribution in [2.45, 2.75) is 13.8 Å². The average molecular weight is 625 g/mol. The first-order chi connectivity index (χ1) is 24.2. The number of fused-ring (bicyclic) bond motifs is 4. The van der Waals surface area contributed by atoms with Gasteiger partial charge in [0.15, 0.2) is 0 Å². The van der Waals surface area contributed by atoms with Crippen LogP contribution in [0.4, 0.5) is 0 Å². The van der Waals surface area contributed by atoms with E-state index in [9.17, 15) is 0 Å². The molecule has 0 fully saturated rings. The second kappa shape index (κ2) is 10.6. The lowest BCUT2D eigenvalue weighted by Crippen LogP contribution is -2.29. The van der Waals surface area contributed by atoms with Crippen molar-refractivity contribution >= 4 is 82.7 Å². The lowest BCUT2D eigenvalue weighted by atomic mass is 9.87. The number of imidazole rings is 1. The van der Waals surface area contributed by atoms with Gasteiger partial charge in [0.1, 0.15) is 5.65 Å². The molecule has 10 aromatic rings. The Balaban J connectivity index is 1.38. The minimum absolute atomic E-state index is 0.937. The van der Waals surface area contributed by atoms with Gasteiger partial charge in [0.2, 0.25) is 0 Å². The van der Waals surface area contributed by atoms with Crippen LogP contribution in [-0.4, -0.2) is 9.38 Å². The third kappa shape index (κ3) is 4.04. The SMILES string of the molecule is C/C=c1/c(-c2cccc3cccc4ccc(cc2)cc34)c2nc3ccccn3c2c(-c2ccc3ccc4cccc5ccc2c3c45)/c1=C/C. The summed E-state index contributed by atoms with van der Waals surface area (Å²) in [7, 11) is 0. The summed E-state index contributed by atoms with van der Waals surface area (Å²) in [4.78, 5) is 5.40. The second-order valence-electron chi connectivity index (χ2n) is 13.0. The van der Waals surface area contributed by atoms with Crippen LogP contribution in [-0.2, 0) is 0 Å². The molecule has 0 unspecified atom stereocenters. The maximum atomic E-state index is 5.40. The van der Waals surface area contributed by atoms with Crippen LogP contribution >= 0.6 is 0 Å².